The second-order valence-corrected chi connectivity index (χ2v) is 5.56. The van der Waals surface area contributed by atoms with E-state index < -0.39 is 0 Å². The molecule has 2 N–H and O–H groups in total. The third kappa shape index (κ3) is 2.86. The van der Waals surface area contributed by atoms with Crippen molar-refractivity contribution in [2.75, 3.05) is 18.0 Å². The molecule has 1 atom stereocenters. The van der Waals surface area contributed by atoms with Crippen LogP contribution in [0.1, 0.15) is 38.8 Å². The Morgan fingerprint density at radius 3 is 2.67 bits per heavy atom. The quantitative estimate of drug-likeness (QED) is 0.891. The Bertz CT molecular complexity index is 375. The first-order valence-corrected chi connectivity index (χ1v) is 7.16. The smallest absolute Gasteiger partial charge is 0.205 e. The van der Waals surface area contributed by atoms with Crippen LogP contribution in [-0.2, 0) is 6.54 Å². The van der Waals surface area contributed by atoms with E-state index >= 15 is 0 Å². The number of nitrogens with two attached hydrogens (primary N) is 1. The number of aryl methyl sites for hydroxylation is 2. The molecule has 0 radical (unpaired) electrons. The van der Waals surface area contributed by atoms with Gasteiger partial charge in [-0.3, -0.25) is 0 Å². The Hall–Kier alpha value is -1.03. The molecular formula is C14H26N4. The van der Waals surface area contributed by atoms with Crippen LogP contribution < -0.4 is 10.6 Å². The van der Waals surface area contributed by atoms with E-state index in [1.54, 1.807) is 0 Å². The molecule has 0 saturated carbocycles. The number of rotatable bonds is 4. The molecule has 0 spiro atoms. The van der Waals surface area contributed by atoms with Gasteiger partial charge in [0, 0.05) is 31.9 Å². The summed E-state index contributed by atoms with van der Waals surface area (Å²) in [4.78, 5) is 7.10. The fourth-order valence-electron chi connectivity index (χ4n) is 2.82. The Morgan fingerprint density at radius 1 is 1.44 bits per heavy atom. The highest BCUT2D eigenvalue weighted by atomic mass is 15.3. The largest absolute Gasteiger partial charge is 0.342 e. The molecule has 0 aliphatic carbocycles. The number of hydrogen-bond donors (Lipinski definition) is 1. The number of piperidine rings is 1. The van der Waals surface area contributed by atoms with Crippen LogP contribution in [0.25, 0.3) is 0 Å². The topological polar surface area (TPSA) is 47.1 Å². The molecule has 2 heterocycles. The predicted molar refractivity (Wildman–Crippen MR) is 75.8 cm³/mol. The molecule has 1 unspecified atom stereocenters. The molecule has 18 heavy (non-hydrogen) atoms. The summed E-state index contributed by atoms with van der Waals surface area (Å²) in [7, 11) is 0. The normalized spacial score (nSPS) is 19.2. The summed E-state index contributed by atoms with van der Waals surface area (Å²) in [6.07, 6.45) is 5.70. The molecule has 1 fully saturated rings. The van der Waals surface area contributed by atoms with Gasteiger partial charge < -0.3 is 15.2 Å². The Morgan fingerprint density at radius 2 is 2.11 bits per heavy atom. The van der Waals surface area contributed by atoms with Gasteiger partial charge in [-0.25, -0.2) is 4.98 Å². The SMILES string of the molecule is CCCn1cc(C)nc1N1CCC(C(C)N)CC1. The van der Waals surface area contributed by atoms with Gasteiger partial charge in [-0.1, -0.05) is 6.92 Å². The molecule has 4 heteroatoms. The molecule has 102 valence electrons. The van der Waals surface area contributed by atoms with E-state index in [0.717, 1.165) is 37.7 Å². The van der Waals surface area contributed by atoms with Gasteiger partial charge in [0.05, 0.1) is 5.69 Å². The number of imidazole rings is 1. The summed E-state index contributed by atoms with van der Waals surface area (Å²) < 4.78 is 2.29. The van der Waals surface area contributed by atoms with Crippen molar-refractivity contribution in [3.05, 3.63) is 11.9 Å². The molecule has 1 aliphatic rings. The first kappa shape index (κ1) is 13.4. The van der Waals surface area contributed by atoms with Crippen molar-refractivity contribution in [1.82, 2.24) is 9.55 Å². The van der Waals surface area contributed by atoms with E-state index in [0.29, 0.717) is 12.0 Å². The molecule has 0 amide bonds. The Kier molecular flexibility index (Phi) is 4.27. The van der Waals surface area contributed by atoms with E-state index in [4.69, 9.17) is 5.73 Å². The summed E-state index contributed by atoms with van der Waals surface area (Å²) in [5.74, 6) is 1.83. The molecule has 1 saturated heterocycles. The van der Waals surface area contributed by atoms with E-state index in [-0.39, 0.29) is 0 Å². The fraction of sp³-hybridized carbons (Fsp3) is 0.786. The Labute approximate surface area is 110 Å². The second kappa shape index (κ2) is 5.74. The van der Waals surface area contributed by atoms with Crippen molar-refractivity contribution in [3.63, 3.8) is 0 Å². The highest BCUT2D eigenvalue weighted by molar-refractivity contribution is 5.34. The molecule has 4 nitrogen and oxygen atoms in total. The maximum Gasteiger partial charge on any atom is 0.205 e. The lowest BCUT2D eigenvalue weighted by atomic mass is 9.91. The van der Waals surface area contributed by atoms with E-state index in [2.05, 4.69) is 41.4 Å². The zero-order chi connectivity index (χ0) is 13.1. The van der Waals surface area contributed by atoms with Crippen LogP contribution in [-0.4, -0.2) is 28.7 Å². The maximum absolute atomic E-state index is 5.99. The Balaban J connectivity index is 2.04. The van der Waals surface area contributed by atoms with Crippen LogP contribution in [0.4, 0.5) is 5.95 Å². The van der Waals surface area contributed by atoms with Crippen molar-refractivity contribution in [1.29, 1.82) is 0 Å². The maximum atomic E-state index is 5.99. The van der Waals surface area contributed by atoms with Crippen LogP contribution in [0.2, 0.25) is 0 Å². The lowest BCUT2D eigenvalue weighted by molar-refractivity contribution is 0.351. The van der Waals surface area contributed by atoms with Crippen molar-refractivity contribution in [2.45, 2.75) is 52.6 Å². The van der Waals surface area contributed by atoms with Crippen molar-refractivity contribution in [2.24, 2.45) is 11.7 Å². The second-order valence-electron chi connectivity index (χ2n) is 5.56. The summed E-state index contributed by atoms with van der Waals surface area (Å²) in [5, 5.41) is 0. The van der Waals surface area contributed by atoms with Gasteiger partial charge in [0.15, 0.2) is 0 Å². The minimum atomic E-state index is 0.323. The zero-order valence-electron chi connectivity index (χ0n) is 11.9. The monoisotopic (exact) mass is 250 g/mol. The summed E-state index contributed by atoms with van der Waals surface area (Å²) >= 11 is 0. The van der Waals surface area contributed by atoms with Crippen LogP contribution in [0, 0.1) is 12.8 Å². The molecule has 0 aromatic carbocycles. The van der Waals surface area contributed by atoms with E-state index in [9.17, 15) is 0 Å². The summed E-state index contributed by atoms with van der Waals surface area (Å²) in [6, 6.07) is 0.323. The van der Waals surface area contributed by atoms with Gasteiger partial charge in [-0.2, -0.15) is 0 Å². The molecule has 2 rings (SSSR count). The minimum absolute atomic E-state index is 0.323. The lowest BCUT2D eigenvalue weighted by Gasteiger charge is -2.34. The standard InChI is InChI=1S/C14H26N4/c1-4-7-18-10-11(2)16-14(18)17-8-5-13(6-9-17)12(3)15/h10,12-13H,4-9,15H2,1-3H3. The number of aromatic nitrogens is 2. The highest BCUT2D eigenvalue weighted by Crippen LogP contribution is 2.24. The van der Waals surface area contributed by atoms with Gasteiger partial charge in [0.2, 0.25) is 5.95 Å². The van der Waals surface area contributed by atoms with Gasteiger partial charge in [-0.15, -0.1) is 0 Å². The van der Waals surface area contributed by atoms with Crippen LogP contribution in [0.15, 0.2) is 6.20 Å². The molecule has 1 aliphatic heterocycles. The van der Waals surface area contributed by atoms with Crippen molar-refractivity contribution >= 4 is 5.95 Å². The first-order chi connectivity index (χ1) is 8.61. The molecule has 0 bridgehead atoms. The number of hydrogen-bond acceptors (Lipinski definition) is 3. The van der Waals surface area contributed by atoms with Crippen molar-refractivity contribution in [3.8, 4) is 0 Å². The van der Waals surface area contributed by atoms with Gasteiger partial charge in [-0.05, 0) is 39.0 Å². The third-order valence-corrected chi connectivity index (χ3v) is 3.91. The summed E-state index contributed by atoms with van der Waals surface area (Å²) in [5.41, 5.74) is 7.11. The van der Waals surface area contributed by atoms with Crippen molar-refractivity contribution < 1.29 is 0 Å². The van der Waals surface area contributed by atoms with Crippen LogP contribution >= 0.6 is 0 Å². The fourth-order valence-corrected chi connectivity index (χ4v) is 2.82. The molecule has 1 aromatic rings. The average Bonchev–Trinajstić information content (AvgIpc) is 2.71. The molecular weight excluding hydrogens is 224 g/mol. The third-order valence-electron chi connectivity index (χ3n) is 3.91. The van der Waals surface area contributed by atoms with Crippen LogP contribution in [0.5, 0.6) is 0 Å². The lowest BCUT2D eigenvalue weighted by Crippen LogP contribution is -2.40. The van der Waals surface area contributed by atoms with Crippen LogP contribution in [0.3, 0.4) is 0 Å². The first-order valence-electron chi connectivity index (χ1n) is 7.16. The van der Waals surface area contributed by atoms with Gasteiger partial charge in [0.1, 0.15) is 0 Å². The average molecular weight is 250 g/mol. The number of nitrogens with zero attached hydrogens (tertiary/aromatic N) is 3. The highest BCUT2D eigenvalue weighted by Gasteiger charge is 2.24. The predicted octanol–water partition coefficient (Wildman–Crippen LogP) is 2.17. The van der Waals surface area contributed by atoms with E-state index in [1.807, 2.05) is 0 Å². The zero-order valence-corrected chi connectivity index (χ0v) is 11.9. The van der Waals surface area contributed by atoms with Gasteiger partial charge >= 0.3 is 0 Å². The van der Waals surface area contributed by atoms with E-state index in [1.165, 1.54) is 12.8 Å². The molecule has 1 aromatic heterocycles. The van der Waals surface area contributed by atoms with Gasteiger partial charge in [0.25, 0.3) is 0 Å². The number of anilines is 1. The minimum Gasteiger partial charge on any atom is -0.342 e. The summed E-state index contributed by atoms with van der Waals surface area (Å²) in [6.45, 7) is 9.65.